The van der Waals surface area contributed by atoms with Crippen LogP contribution in [0.2, 0.25) is 5.02 Å². The van der Waals surface area contributed by atoms with Crippen molar-refractivity contribution >= 4 is 11.6 Å². The van der Waals surface area contributed by atoms with Crippen molar-refractivity contribution in [2.24, 2.45) is 0 Å². The molecule has 0 saturated heterocycles. The topological polar surface area (TPSA) is 51.0 Å². The second-order valence-electron chi connectivity index (χ2n) is 3.41. The summed E-state index contributed by atoms with van der Waals surface area (Å²) in [6.07, 6.45) is 1.77. The molecule has 0 amide bonds. The number of aromatic nitrogens is 2. The summed E-state index contributed by atoms with van der Waals surface area (Å²) in [5.41, 5.74) is 0.771. The maximum Gasteiger partial charge on any atom is 0.240 e. The van der Waals surface area contributed by atoms with Crippen LogP contribution in [0, 0.1) is 0 Å². The summed E-state index contributed by atoms with van der Waals surface area (Å²) in [6, 6.07) is 7.39. The zero-order chi connectivity index (χ0) is 12.1. The largest absolute Gasteiger partial charge is 0.338 e. The molecule has 5 heteroatoms. The fourth-order valence-corrected chi connectivity index (χ4v) is 1.58. The van der Waals surface area contributed by atoms with Crippen LogP contribution in [0.25, 0.3) is 11.4 Å². The quantitative estimate of drug-likeness (QED) is 0.654. The second kappa shape index (κ2) is 5.61. The number of benzene rings is 1. The Morgan fingerprint density at radius 2 is 2.24 bits per heavy atom. The van der Waals surface area contributed by atoms with Gasteiger partial charge in [-0.2, -0.15) is 4.98 Å². The van der Waals surface area contributed by atoms with Crippen molar-refractivity contribution in [2.75, 3.05) is 6.54 Å². The molecule has 0 spiro atoms. The first-order valence-corrected chi connectivity index (χ1v) is 5.58. The number of hydrogen-bond acceptors (Lipinski definition) is 4. The summed E-state index contributed by atoms with van der Waals surface area (Å²) in [7, 11) is 0. The smallest absolute Gasteiger partial charge is 0.240 e. The summed E-state index contributed by atoms with van der Waals surface area (Å²) in [5, 5.41) is 7.58. The molecule has 1 N–H and O–H groups in total. The van der Waals surface area contributed by atoms with Gasteiger partial charge >= 0.3 is 0 Å². The van der Waals surface area contributed by atoms with Gasteiger partial charge in [0.05, 0.1) is 11.6 Å². The Morgan fingerprint density at radius 1 is 1.41 bits per heavy atom. The molecule has 2 aromatic rings. The van der Waals surface area contributed by atoms with Crippen LogP contribution in [0.4, 0.5) is 0 Å². The van der Waals surface area contributed by atoms with E-state index in [2.05, 4.69) is 22.0 Å². The van der Waals surface area contributed by atoms with Gasteiger partial charge in [0.25, 0.3) is 0 Å². The molecular formula is C12H12ClN3O. The molecule has 0 radical (unpaired) electrons. The van der Waals surface area contributed by atoms with E-state index in [1.807, 2.05) is 18.2 Å². The van der Waals surface area contributed by atoms with Gasteiger partial charge in [-0.05, 0) is 12.1 Å². The fraction of sp³-hybridized carbons (Fsp3) is 0.167. The number of nitrogens with one attached hydrogen (secondary N) is 1. The summed E-state index contributed by atoms with van der Waals surface area (Å²) < 4.78 is 5.10. The van der Waals surface area contributed by atoms with Crippen LogP contribution in [-0.2, 0) is 6.54 Å². The van der Waals surface area contributed by atoms with Gasteiger partial charge in [0.15, 0.2) is 0 Å². The molecule has 17 heavy (non-hydrogen) atoms. The van der Waals surface area contributed by atoms with Gasteiger partial charge in [-0.25, -0.2) is 0 Å². The third-order valence-electron chi connectivity index (χ3n) is 2.15. The maximum absolute atomic E-state index is 6.04. The van der Waals surface area contributed by atoms with Gasteiger partial charge in [0, 0.05) is 12.1 Å². The molecule has 0 unspecified atom stereocenters. The highest BCUT2D eigenvalue weighted by Gasteiger charge is 2.10. The lowest BCUT2D eigenvalue weighted by Crippen LogP contribution is -2.12. The Labute approximate surface area is 104 Å². The van der Waals surface area contributed by atoms with Crippen molar-refractivity contribution in [1.82, 2.24) is 15.5 Å². The highest BCUT2D eigenvalue weighted by molar-refractivity contribution is 6.33. The average molecular weight is 250 g/mol. The van der Waals surface area contributed by atoms with Gasteiger partial charge < -0.3 is 9.84 Å². The molecule has 0 saturated carbocycles. The number of rotatable bonds is 5. The molecule has 2 rings (SSSR count). The van der Waals surface area contributed by atoms with Crippen molar-refractivity contribution in [3.8, 4) is 11.4 Å². The van der Waals surface area contributed by atoms with Crippen LogP contribution in [0.15, 0.2) is 41.4 Å². The molecule has 0 atom stereocenters. The first-order valence-electron chi connectivity index (χ1n) is 5.20. The third kappa shape index (κ3) is 2.93. The van der Waals surface area contributed by atoms with E-state index in [4.69, 9.17) is 16.1 Å². The first-order chi connectivity index (χ1) is 8.31. The van der Waals surface area contributed by atoms with E-state index in [-0.39, 0.29) is 0 Å². The average Bonchev–Trinajstić information content (AvgIpc) is 2.79. The molecule has 4 nitrogen and oxygen atoms in total. The molecule has 0 aliphatic heterocycles. The van der Waals surface area contributed by atoms with Crippen molar-refractivity contribution in [2.45, 2.75) is 6.54 Å². The van der Waals surface area contributed by atoms with Crippen LogP contribution in [0.3, 0.4) is 0 Å². The SMILES string of the molecule is C=CCNCc1nc(-c2ccccc2Cl)no1. The predicted molar refractivity (Wildman–Crippen MR) is 66.6 cm³/mol. The van der Waals surface area contributed by atoms with Crippen LogP contribution in [-0.4, -0.2) is 16.7 Å². The van der Waals surface area contributed by atoms with E-state index in [1.54, 1.807) is 12.1 Å². The normalized spacial score (nSPS) is 10.4. The van der Waals surface area contributed by atoms with E-state index in [0.717, 1.165) is 5.56 Å². The van der Waals surface area contributed by atoms with E-state index >= 15 is 0 Å². The van der Waals surface area contributed by atoms with E-state index in [1.165, 1.54) is 0 Å². The highest BCUT2D eigenvalue weighted by Crippen LogP contribution is 2.24. The van der Waals surface area contributed by atoms with E-state index in [0.29, 0.717) is 29.8 Å². The first kappa shape index (κ1) is 11.8. The van der Waals surface area contributed by atoms with Gasteiger partial charge in [-0.3, -0.25) is 0 Å². The Bertz CT molecular complexity index is 510. The van der Waals surface area contributed by atoms with Crippen LogP contribution < -0.4 is 5.32 Å². The van der Waals surface area contributed by atoms with Crippen LogP contribution in [0.5, 0.6) is 0 Å². The minimum atomic E-state index is 0.506. The zero-order valence-corrected chi connectivity index (χ0v) is 9.94. The molecule has 1 heterocycles. The number of nitrogens with zero attached hydrogens (tertiary/aromatic N) is 2. The van der Waals surface area contributed by atoms with Crippen molar-refractivity contribution in [1.29, 1.82) is 0 Å². The van der Waals surface area contributed by atoms with Crippen molar-refractivity contribution in [3.05, 3.63) is 47.8 Å². The molecule has 0 aliphatic rings. The van der Waals surface area contributed by atoms with Crippen molar-refractivity contribution in [3.63, 3.8) is 0 Å². The third-order valence-corrected chi connectivity index (χ3v) is 2.48. The summed E-state index contributed by atoms with van der Waals surface area (Å²) in [4.78, 5) is 4.25. The summed E-state index contributed by atoms with van der Waals surface area (Å²) >= 11 is 6.04. The summed E-state index contributed by atoms with van der Waals surface area (Å²) in [6.45, 7) is 4.83. The Balaban J connectivity index is 2.13. The Morgan fingerprint density at radius 3 is 3.00 bits per heavy atom. The van der Waals surface area contributed by atoms with Gasteiger partial charge in [-0.1, -0.05) is 35.0 Å². The van der Waals surface area contributed by atoms with Crippen molar-refractivity contribution < 1.29 is 4.52 Å². The molecule has 0 fully saturated rings. The van der Waals surface area contributed by atoms with Crippen LogP contribution in [0.1, 0.15) is 5.89 Å². The molecule has 0 bridgehead atoms. The maximum atomic E-state index is 6.04. The van der Waals surface area contributed by atoms with Gasteiger partial charge in [-0.15, -0.1) is 6.58 Å². The molecule has 88 valence electrons. The van der Waals surface area contributed by atoms with E-state index in [9.17, 15) is 0 Å². The lowest BCUT2D eigenvalue weighted by Gasteiger charge is -1.96. The predicted octanol–water partition coefficient (Wildman–Crippen LogP) is 2.67. The molecule has 1 aromatic heterocycles. The van der Waals surface area contributed by atoms with Gasteiger partial charge in [0.1, 0.15) is 0 Å². The molecular weight excluding hydrogens is 238 g/mol. The second-order valence-corrected chi connectivity index (χ2v) is 3.82. The highest BCUT2D eigenvalue weighted by atomic mass is 35.5. The minimum Gasteiger partial charge on any atom is -0.338 e. The number of hydrogen-bond donors (Lipinski definition) is 1. The van der Waals surface area contributed by atoms with E-state index < -0.39 is 0 Å². The Hall–Kier alpha value is -1.65. The lowest BCUT2D eigenvalue weighted by atomic mass is 10.2. The van der Waals surface area contributed by atoms with Crippen LogP contribution >= 0.6 is 11.6 Å². The minimum absolute atomic E-state index is 0.506. The zero-order valence-electron chi connectivity index (χ0n) is 9.19. The molecule has 1 aromatic carbocycles. The number of halogens is 1. The fourth-order valence-electron chi connectivity index (χ4n) is 1.36. The standard InChI is InChI=1S/C12H12ClN3O/c1-2-7-14-8-11-15-12(16-17-11)9-5-3-4-6-10(9)13/h2-6,14H,1,7-8H2. The molecule has 0 aliphatic carbocycles. The monoisotopic (exact) mass is 249 g/mol. The summed E-state index contributed by atoms with van der Waals surface area (Å²) in [5.74, 6) is 1.03. The lowest BCUT2D eigenvalue weighted by molar-refractivity contribution is 0.370. The van der Waals surface area contributed by atoms with Gasteiger partial charge in [0.2, 0.25) is 11.7 Å². The Kier molecular flexibility index (Phi) is 3.90.